The van der Waals surface area contributed by atoms with E-state index in [1.807, 2.05) is 0 Å². The van der Waals surface area contributed by atoms with Crippen LogP contribution >= 0.6 is 11.6 Å². The highest BCUT2D eigenvalue weighted by molar-refractivity contribution is 6.38. The highest BCUT2D eigenvalue weighted by atomic mass is 35.5. The van der Waals surface area contributed by atoms with E-state index in [2.05, 4.69) is 4.98 Å². The Bertz CT molecular complexity index is 652. The normalized spacial score (nSPS) is 13.2. The minimum absolute atomic E-state index is 0.0313. The van der Waals surface area contributed by atoms with E-state index in [1.165, 1.54) is 18.3 Å². The Morgan fingerprint density at radius 3 is 2.61 bits per heavy atom. The van der Waals surface area contributed by atoms with Crippen LogP contribution < -0.4 is 0 Å². The number of ketones is 2. The van der Waals surface area contributed by atoms with Gasteiger partial charge in [0.1, 0.15) is 11.5 Å². The zero-order valence-electron chi connectivity index (χ0n) is 8.91. The Hall–Kier alpha value is -2.07. The summed E-state index contributed by atoms with van der Waals surface area (Å²) in [5.74, 6) is -1.85. The molecule has 1 aromatic carbocycles. The number of hydrogen-bond acceptors (Lipinski definition) is 3. The van der Waals surface area contributed by atoms with Crippen LogP contribution in [-0.4, -0.2) is 16.6 Å². The van der Waals surface area contributed by atoms with Crippen molar-refractivity contribution in [1.29, 1.82) is 0 Å². The molecule has 3 rings (SSSR count). The van der Waals surface area contributed by atoms with Gasteiger partial charge in [0, 0.05) is 6.20 Å². The molecule has 0 aliphatic heterocycles. The molecule has 88 valence electrons. The number of nitrogens with zero attached hydrogens (tertiary/aromatic N) is 1. The van der Waals surface area contributed by atoms with Crippen molar-refractivity contribution < 1.29 is 14.0 Å². The minimum atomic E-state index is -0.760. The zero-order valence-corrected chi connectivity index (χ0v) is 9.66. The molecule has 0 saturated heterocycles. The van der Waals surface area contributed by atoms with E-state index < -0.39 is 17.4 Å². The molecule has 18 heavy (non-hydrogen) atoms. The lowest BCUT2D eigenvalue weighted by Crippen LogP contribution is -2.23. The predicted molar refractivity (Wildman–Crippen MR) is 62.5 cm³/mol. The molecule has 1 heterocycles. The molecule has 0 fully saturated rings. The molecule has 0 radical (unpaired) electrons. The van der Waals surface area contributed by atoms with Gasteiger partial charge in [0.15, 0.2) is 5.78 Å². The molecule has 1 aromatic heterocycles. The monoisotopic (exact) mass is 261 g/mol. The van der Waals surface area contributed by atoms with Crippen molar-refractivity contribution in [2.24, 2.45) is 0 Å². The van der Waals surface area contributed by atoms with E-state index in [9.17, 15) is 14.0 Å². The van der Waals surface area contributed by atoms with Crippen LogP contribution in [0.5, 0.6) is 0 Å². The lowest BCUT2D eigenvalue weighted by molar-refractivity contribution is 0.0972. The SMILES string of the molecule is O=C1c2ncccc2C(=O)c2c(Cl)ccc(F)c21. The van der Waals surface area contributed by atoms with Gasteiger partial charge in [-0.15, -0.1) is 0 Å². The summed E-state index contributed by atoms with van der Waals surface area (Å²) in [5.41, 5.74) is -0.250. The van der Waals surface area contributed by atoms with Crippen LogP contribution in [-0.2, 0) is 0 Å². The van der Waals surface area contributed by atoms with Crippen LogP contribution in [0.1, 0.15) is 32.0 Å². The number of carbonyl (C=O) groups is 2. The van der Waals surface area contributed by atoms with Gasteiger partial charge in [-0.25, -0.2) is 4.39 Å². The van der Waals surface area contributed by atoms with Gasteiger partial charge >= 0.3 is 0 Å². The van der Waals surface area contributed by atoms with Crippen molar-refractivity contribution in [3.8, 4) is 0 Å². The Kier molecular flexibility index (Phi) is 2.28. The molecule has 5 heteroatoms. The maximum Gasteiger partial charge on any atom is 0.215 e. The highest BCUT2D eigenvalue weighted by Crippen LogP contribution is 2.32. The Morgan fingerprint density at radius 1 is 1.06 bits per heavy atom. The Labute approximate surface area is 106 Å². The minimum Gasteiger partial charge on any atom is -0.288 e. The fourth-order valence-electron chi connectivity index (χ4n) is 2.02. The number of aromatic nitrogens is 1. The third-order valence-electron chi connectivity index (χ3n) is 2.83. The summed E-state index contributed by atoms with van der Waals surface area (Å²) in [6, 6.07) is 5.36. The molecule has 0 bridgehead atoms. The van der Waals surface area contributed by atoms with Crippen LogP contribution in [0.25, 0.3) is 0 Å². The van der Waals surface area contributed by atoms with E-state index in [1.54, 1.807) is 6.07 Å². The predicted octanol–water partition coefficient (Wildman–Crippen LogP) is 2.65. The largest absolute Gasteiger partial charge is 0.288 e. The van der Waals surface area contributed by atoms with Gasteiger partial charge in [0.05, 0.1) is 21.7 Å². The van der Waals surface area contributed by atoms with Crippen molar-refractivity contribution in [3.05, 3.63) is 63.7 Å². The van der Waals surface area contributed by atoms with Gasteiger partial charge in [-0.1, -0.05) is 11.6 Å². The Balaban J connectivity index is 2.41. The average molecular weight is 262 g/mol. The molecule has 1 aliphatic carbocycles. The van der Waals surface area contributed by atoms with Crippen LogP contribution in [0.3, 0.4) is 0 Å². The summed E-state index contributed by atoms with van der Waals surface area (Å²) >= 11 is 5.88. The second kappa shape index (κ2) is 3.71. The lowest BCUT2D eigenvalue weighted by atomic mass is 9.86. The maximum atomic E-state index is 13.7. The second-order valence-corrected chi connectivity index (χ2v) is 4.24. The number of halogens is 2. The molecule has 1 aliphatic rings. The van der Waals surface area contributed by atoms with E-state index in [-0.39, 0.29) is 27.4 Å². The van der Waals surface area contributed by atoms with Crippen molar-refractivity contribution >= 4 is 23.2 Å². The number of fused-ring (bicyclic) bond motifs is 2. The molecule has 0 saturated carbocycles. The fourth-order valence-corrected chi connectivity index (χ4v) is 2.26. The summed E-state index contributed by atoms with van der Waals surface area (Å²) in [6.45, 7) is 0. The van der Waals surface area contributed by atoms with Gasteiger partial charge in [0.2, 0.25) is 5.78 Å². The molecule has 0 atom stereocenters. The van der Waals surface area contributed by atoms with E-state index in [4.69, 9.17) is 11.6 Å². The summed E-state index contributed by atoms with van der Waals surface area (Å²) < 4.78 is 13.7. The van der Waals surface area contributed by atoms with Gasteiger partial charge in [-0.05, 0) is 24.3 Å². The first-order valence-electron chi connectivity index (χ1n) is 5.13. The van der Waals surface area contributed by atoms with Crippen LogP contribution in [0.4, 0.5) is 4.39 Å². The number of hydrogen-bond donors (Lipinski definition) is 0. The van der Waals surface area contributed by atoms with E-state index >= 15 is 0 Å². The summed E-state index contributed by atoms with van der Waals surface area (Å²) in [6.07, 6.45) is 1.39. The topological polar surface area (TPSA) is 47.0 Å². The first-order valence-corrected chi connectivity index (χ1v) is 5.51. The number of benzene rings is 1. The van der Waals surface area contributed by atoms with Gasteiger partial charge < -0.3 is 0 Å². The maximum absolute atomic E-state index is 13.7. The van der Waals surface area contributed by atoms with Gasteiger partial charge in [-0.2, -0.15) is 0 Å². The third kappa shape index (κ3) is 1.32. The van der Waals surface area contributed by atoms with Crippen LogP contribution in [0.2, 0.25) is 5.02 Å². The number of pyridine rings is 1. The molecule has 0 unspecified atom stereocenters. The van der Waals surface area contributed by atoms with Gasteiger partial charge in [0.25, 0.3) is 0 Å². The third-order valence-corrected chi connectivity index (χ3v) is 3.14. The van der Waals surface area contributed by atoms with Crippen molar-refractivity contribution in [1.82, 2.24) is 4.98 Å². The molecule has 0 N–H and O–H groups in total. The first kappa shape index (κ1) is 11.0. The molecule has 3 nitrogen and oxygen atoms in total. The zero-order chi connectivity index (χ0) is 12.9. The molecule has 0 amide bonds. The van der Waals surface area contributed by atoms with Crippen LogP contribution in [0.15, 0.2) is 30.5 Å². The quantitative estimate of drug-likeness (QED) is 0.625. The number of carbonyl (C=O) groups excluding carboxylic acids is 2. The van der Waals surface area contributed by atoms with E-state index in [0.717, 1.165) is 6.07 Å². The highest BCUT2D eigenvalue weighted by Gasteiger charge is 2.34. The summed E-state index contributed by atoms with van der Waals surface area (Å²) in [7, 11) is 0. The van der Waals surface area contributed by atoms with Crippen molar-refractivity contribution in [2.45, 2.75) is 0 Å². The average Bonchev–Trinajstić information content (AvgIpc) is 2.38. The summed E-state index contributed by atoms with van der Waals surface area (Å²) in [5, 5.41) is 0.0688. The molecular formula is C13H5ClFNO2. The Morgan fingerprint density at radius 2 is 1.83 bits per heavy atom. The van der Waals surface area contributed by atoms with E-state index in [0.29, 0.717) is 0 Å². The van der Waals surface area contributed by atoms with Crippen molar-refractivity contribution in [2.75, 3.05) is 0 Å². The van der Waals surface area contributed by atoms with Gasteiger partial charge in [-0.3, -0.25) is 14.6 Å². The molecule has 0 spiro atoms. The standard InChI is InChI=1S/C13H5ClFNO2/c14-7-3-4-8(15)10-9(7)12(17)6-2-1-5-16-11(6)13(10)18/h1-5H. The second-order valence-electron chi connectivity index (χ2n) is 3.84. The molecular weight excluding hydrogens is 257 g/mol. The molecule has 2 aromatic rings. The number of rotatable bonds is 0. The van der Waals surface area contributed by atoms with Crippen molar-refractivity contribution in [3.63, 3.8) is 0 Å². The smallest absolute Gasteiger partial charge is 0.215 e. The fraction of sp³-hybridized carbons (Fsp3) is 0. The lowest BCUT2D eigenvalue weighted by Gasteiger charge is -2.17. The summed E-state index contributed by atoms with van der Waals surface area (Å²) in [4.78, 5) is 28.1. The first-order chi connectivity index (χ1) is 8.61. The van der Waals surface area contributed by atoms with Crippen LogP contribution in [0, 0.1) is 5.82 Å².